The molecule has 8 heteroatoms. The number of pyridine rings is 1. The summed E-state index contributed by atoms with van der Waals surface area (Å²) in [4.78, 5) is 28.6. The molecule has 0 aliphatic carbocycles. The van der Waals surface area contributed by atoms with Crippen LogP contribution in [0.1, 0.15) is 44.1 Å². The lowest BCUT2D eigenvalue weighted by Gasteiger charge is -2.21. The maximum Gasteiger partial charge on any atom is 0.267 e. The number of carbonyl (C=O) groups excluding carboxylic acids is 2. The minimum atomic E-state index is -0.617. The zero-order valence-electron chi connectivity index (χ0n) is 18.1. The van der Waals surface area contributed by atoms with Crippen LogP contribution in [-0.4, -0.2) is 43.2 Å². The van der Waals surface area contributed by atoms with Gasteiger partial charge in [0.1, 0.15) is 23.4 Å². The van der Waals surface area contributed by atoms with Crippen molar-refractivity contribution in [3.8, 4) is 5.75 Å². The van der Waals surface area contributed by atoms with Crippen molar-refractivity contribution < 1.29 is 23.5 Å². The van der Waals surface area contributed by atoms with Crippen LogP contribution in [0, 0.1) is 5.82 Å². The highest BCUT2D eigenvalue weighted by molar-refractivity contribution is 5.98. The second-order valence-electron chi connectivity index (χ2n) is 6.33. The van der Waals surface area contributed by atoms with E-state index in [1.54, 1.807) is 25.2 Å². The van der Waals surface area contributed by atoms with Crippen LogP contribution in [0.15, 0.2) is 42.6 Å². The quantitative estimate of drug-likeness (QED) is 0.817. The lowest BCUT2D eigenvalue weighted by Crippen LogP contribution is -2.36. The minimum Gasteiger partial charge on any atom is -0.497 e. The summed E-state index contributed by atoms with van der Waals surface area (Å²) in [5, 5.41) is 0. The van der Waals surface area contributed by atoms with Crippen LogP contribution < -0.4 is 15.4 Å². The molecule has 164 valence electrons. The summed E-state index contributed by atoms with van der Waals surface area (Å²) in [5.41, 5.74) is 5.89. The van der Waals surface area contributed by atoms with E-state index in [0.717, 1.165) is 12.8 Å². The summed E-state index contributed by atoms with van der Waals surface area (Å²) in [6.45, 7) is 5.95. The van der Waals surface area contributed by atoms with Crippen molar-refractivity contribution in [1.29, 1.82) is 0 Å². The van der Waals surface area contributed by atoms with Crippen molar-refractivity contribution in [3.05, 3.63) is 54.1 Å². The van der Waals surface area contributed by atoms with Gasteiger partial charge in [-0.15, -0.1) is 0 Å². The van der Waals surface area contributed by atoms with Crippen LogP contribution >= 0.6 is 0 Å². The Morgan fingerprint density at radius 2 is 1.93 bits per heavy atom. The van der Waals surface area contributed by atoms with Gasteiger partial charge in [-0.25, -0.2) is 4.39 Å². The van der Waals surface area contributed by atoms with Crippen molar-refractivity contribution in [2.75, 3.05) is 19.1 Å². The van der Waals surface area contributed by atoms with E-state index in [-0.39, 0.29) is 23.5 Å². The number of anilines is 1. The number of carbonyl (C=O) groups is 2. The highest BCUT2D eigenvalue weighted by Gasteiger charge is 2.30. The van der Waals surface area contributed by atoms with Gasteiger partial charge in [-0.1, -0.05) is 19.9 Å². The van der Waals surface area contributed by atoms with Crippen molar-refractivity contribution in [2.24, 2.45) is 5.73 Å². The van der Waals surface area contributed by atoms with E-state index in [1.807, 2.05) is 20.8 Å². The van der Waals surface area contributed by atoms with Crippen molar-refractivity contribution in [2.45, 2.75) is 45.8 Å². The molecule has 2 N–H and O–H groups in total. The predicted octanol–water partition coefficient (Wildman–Crippen LogP) is 3.57. The molecule has 1 unspecified atom stereocenters. The fourth-order valence-electron chi connectivity index (χ4n) is 2.68. The maximum atomic E-state index is 12.3. The summed E-state index contributed by atoms with van der Waals surface area (Å²) in [6.07, 6.45) is 2.76. The van der Waals surface area contributed by atoms with Crippen LogP contribution in [0.5, 0.6) is 5.75 Å². The molecule has 1 aliphatic rings. The summed E-state index contributed by atoms with van der Waals surface area (Å²) in [5.74, 6) is -0.455. The summed E-state index contributed by atoms with van der Waals surface area (Å²) < 4.78 is 22.6. The molecule has 1 aromatic carbocycles. The molecule has 7 nitrogen and oxygen atoms in total. The minimum absolute atomic E-state index is 0.112. The number of aromatic nitrogens is 1. The molecule has 3 rings (SSSR count). The first-order chi connectivity index (χ1) is 14.3. The van der Waals surface area contributed by atoms with Crippen LogP contribution in [0.2, 0.25) is 0 Å². The van der Waals surface area contributed by atoms with E-state index in [4.69, 9.17) is 15.2 Å². The molecule has 2 amide bonds. The number of rotatable bonds is 4. The fourth-order valence-corrected chi connectivity index (χ4v) is 2.68. The van der Waals surface area contributed by atoms with Crippen molar-refractivity contribution in [1.82, 2.24) is 4.98 Å². The standard InChI is InChI=1S/C13H17N3O3.C7H7FO.C2H6/c1-8-3-4-11(19-8)13(18)16(2)9-5-6-15-10(7-9)12(14)17;1-9-7-4-2-3-6(8)5-7;1-2/h5-8,11H,3-4H2,1-2H3,(H2,14,17);2-5H,1H3;1-2H3/t8?,11-;;/m1../s1. The molecule has 1 saturated heterocycles. The molecule has 1 fully saturated rings. The number of hydrogen-bond donors (Lipinski definition) is 1. The van der Waals surface area contributed by atoms with Gasteiger partial charge in [0.25, 0.3) is 11.8 Å². The maximum absolute atomic E-state index is 12.3. The average molecular weight is 419 g/mol. The lowest BCUT2D eigenvalue weighted by atomic mass is 10.2. The largest absolute Gasteiger partial charge is 0.497 e. The average Bonchev–Trinajstić information content (AvgIpc) is 3.21. The normalized spacial score (nSPS) is 17.0. The molecule has 0 spiro atoms. The molecule has 0 bridgehead atoms. The molecule has 2 aromatic rings. The number of benzene rings is 1. The Balaban J connectivity index is 0.000000342. The van der Waals surface area contributed by atoms with Gasteiger partial charge >= 0.3 is 0 Å². The van der Waals surface area contributed by atoms with Gasteiger partial charge in [0.05, 0.1) is 13.2 Å². The SMILES string of the molecule is CC.CC1CC[C@H](C(=O)N(C)c2ccnc(C(N)=O)c2)O1.COc1cccc(F)c1. The number of likely N-dealkylation sites (N-methyl/N-ethyl adjacent to an activating group) is 1. The second kappa shape index (κ2) is 12.5. The van der Waals surface area contributed by atoms with Gasteiger partial charge in [-0.2, -0.15) is 0 Å². The third-order valence-corrected chi connectivity index (χ3v) is 4.25. The number of nitrogens with zero attached hydrogens (tertiary/aromatic N) is 2. The van der Waals surface area contributed by atoms with E-state index in [2.05, 4.69) is 4.98 Å². The Hall–Kier alpha value is -3.00. The number of amides is 2. The number of primary amides is 1. The first kappa shape index (κ1) is 25.0. The Bertz CT molecular complexity index is 832. The third-order valence-electron chi connectivity index (χ3n) is 4.25. The van der Waals surface area contributed by atoms with Gasteiger partial charge in [-0.3, -0.25) is 14.6 Å². The summed E-state index contributed by atoms with van der Waals surface area (Å²) in [7, 11) is 3.16. The Labute approximate surface area is 177 Å². The van der Waals surface area contributed by atoms with E-state index < -0.39 is 12.0 Å². The molecule has 2 heterocycles. The third kappa shape index (κ3) is 7.44. The smallest absolute Gasteiger partial charge is 0.267 e. The van der Waals surface area contributed by atoms with Crippen molar-refractivity contribution >= 4 is 17.5 Å². The molecular weight excluding hydrogens is 389 g/mol. The van der Waals surface area contributed by atoms with Gasteiger partial charge < -0.3 is 20.1 Å². The van der Waals surface area contributed by atoms with Gasteiger partial charge in [0.15, 0.2) is 0 Å². The van der Waals surface area contributed by atoms with E-state index >= 15 is 0 Å². The van der Waals surface area contributed by atoms with Gasteiger partial charge in [0.2, 0.25) is 0 Å². The highest BCUT2D eigenvalue weighted by Crippen LogP contribution is 2.23. The van der Waals surface area contributed by atoms with E-state index in [0.29, 0.717) is 11.4 Å². The van der Waals surface area contributed by atoms with Crippen LogP contribution in [0.3, 0.4) is 0 Å². The monoisotopic (exact) mass is 419 g/mol. The number of nitrogens with two attached hydrogens (primary N) is 1. The van der Waals surface area contributed by atoms with Gasteiger partial charge in [0, 0.05) is 25.0 Å². The zero-order chi connectivity index (χ0) is 22.7. The topological polar surface area (TPSA) is 94.8 Å². The Kier molecular flexibility index (Phi) is 10.5. The molecule has 0 radical (unpaired) electrons. The van der Waals surface area contributed by atoms with E-state index in [9.17, 15) is 14.0 Å². The Morgan fingerprint density at radius 1 is 1.23 bits per heavy atom. The van der Waals surface area contributed by atoms with Crippen LogP contribution in [0.4, 0.5) is 10.1 Å². The molecule has 2 atom stereocenters. The molecular formula is C22H30FN3O4. The molecule has 0 saturated carbocycles. The first-order valence-electron chi connectivity index (χ1n) is 9.80. The molecule has 1 aromatic heterocycles. The van der Waals surface area contributed by atoms with E-state index in [1.165, 1.54) is 36.4 Å². The molecule has 30 heavy (non-hydrogen) atoms. The predicted molar refractivity (Wildman–Crippen MR) is 114 cm³/mol. The second-order valence-corrected chi connectivity index (χ2v) is 6.33. The summed E-state index contributed by atoms with van der Waals surface area (Å²) in [6, 6.07) is 9.17. The fraction of sp³-hybridized carbons (Fsp3) is 0.409. The summed E-state index contributed by atoms with van der Waals surface area (Å²) >= 11 is 0. The zero-order valence-corrected chi connectivity index (χ0v) is 18.1. The van der Waals surface area contributed by atoms with Crippen molar-refractivity contribution in [3.63, 3.8) is 0 Å². The molecule has 1 aliphatic heterocycles. The Morgan fingerprint density at radius 3 is 2.43 bits per heavy atom. The van der Waals surface area contributed by atoms with Crippen LogP contribution in [-0.2, 0) is 9.53 Å². The number of hydrogen-bond acceptors (Lipinski definition) is 5. The van der Waals surface area contributed by atoms with Gasteiger partial charge in [-0.05, 0) is 44.0 Å². The number of ether oxygens (including phenoxy) is 2. The van der Waals surface area contributed by atoms with Crippen LogP contribution in [0.25, 0.3) is 0 Å². The lowest BCUT2D eigenvalue weighted by molar-refractivity contribution is -0.128. The highest BCUT2D eigenvalue weighted by atomic mass is 19.1. The first-order valence-corrected chi connectivity index (χ1v) is 9.80. The number of methoxy groups -OCH3 is 1. The number of halogens is 1.